The Labute approximate surface area is 231 Å². The Kier molecular flexibility index (Phi) is 8.13. The Morgan fingerprint density at radius 3 is 2.64 bits per heavy atom. The molecule has 1 atom stereocenters. The Bertz CT molecular complexity index is 1570. The van der Waals surface area contributed by atoms with Gasteiger partial charge in [-0.25, -0.2) is 4.98 Å². The van der Waals surface area contributed by atoms with E-state index in [1.165, 1.54) is 18.3 Å². The quantitative estimate of drug-likeness (QED) is 0.314. The molecule has 0 spiro atoms. The molecular weight excluding hydrogens is 512 g/mol. The maximum atomic E-state index is 14.2. The van der Waals surface area contributed by atoms with Crippen LogP contribution < -0.4 is 21.0 Å². The molecule has 39 heavy (non-hydrogen) atoms. The molecule has 4 aromatic rings. The van der Waals surface area contributed by atoms with Crippen LogP contribution in [-0.2, 0) is 4.79 Å². The second kappa shape index (κ2) is 11.7. The van der Waals surface area contributed by atoms with Gasteiger partial charge in [0, 0.05) is 45.3 Å². The van der Waals surface area contributed by atoms with Crippen molar-refractivity contribution in [3.8, 4) is 0 Å². The number of benzene rings is 1. The standard InChI is InChI=1S/C29H36N6O3S/c1-4-14-33(15-5-2)17-13-31-28(38)25-26(37)24-22(34-16-11-20(18-34)32-19(3)36)10-12-30-27(24)35-21-8-6-7-9-23(21)39-29(25)35/h6-10,12,20H,4-5,11,13-18H2,1-3H3,(H,31,38)(H,32,36). The van der Waals surface area contributed by atoms with E-state index in [0.29, 0.717) is 35.5 Å². The summed E-state index contributed by atoms with van der Waals surface area (Å²) < 4.78 is 2.94. The van der Waals surface area contributed by atoms with Gasteiger partial charge in [-0.2, -0.15) is 0 Å². The molecule has 1 aromatic carbocycles. The fourth-order valence-electron chi connectivity index (χ4n) is 5.64. The summed E-state index contributed by atoms with van der Waals surface area (Å²) in [5.41, 5.74) is 2.05. The number of aromatic nitrogens is 2. The van der Waals surface area contributed by atoms with Crippen molar-refractivity contribution in [2.24, 2.45) is 0 Å². The van der Waals surface area contributed by atoms with Crippen molar-refractivity contribution in [2.75, 3.05) is 44.2 Å². The van der Waals surface area contributed by atoms with E-state index in [1.54, 1.807) is 6.20 Å². The third kappa shape index (κ3) is 5.35. The molecule has 0 bridgehead atoms. The van der Waals surface area contributed by atoms with Crippen LogP contribution in [0.15, 0.2) is 41.3 Å². The number of thiazole rings is 1. The van der Waals surface area contributed by atoms with Gasteiger partial charge in [0.2, 0.25) is 11.3 Å². The van der Waals surface area contributed by atoms with Crippen LogP contribution in [0.25, 0.3) is 26.1 Å². The number of amides is 2. The van der Waals surface area contributed by atoms with E-state index < -0.39 is 0 Å². The molecule has 1 fully saturated rings. The van der Waals surface area contributed by atoms with E-state index >= 15 is 0 Å². The summed E-state index contributed by atoms with van der Waals surface area (Å²) in [6.45, 7) is 10.3. The number of pyridine rings is 2. The molecule has 9 nitrogen and oxygen atoms in total. The topological polar surface area (TPSA) is 99.0 Å². The Morgan fingerprint density at radius 2 is 1.90 bits per heavy atom. The van der Waals surface area contributed by atoms with Crippen molar-refractivity contribution in [2.45, 2.75) is 46.1 Å². The minimum Gasteiger partial charge on any atom is -0.369 e. The van der Waals surface area contributed by atoms with Crippen LogP contribution >= 0.6 is 11.3 Å². The molecule has 0 radical (unpaired) electrons. The lowest BCUT2D eigenvalue weighted by Crippen LogP contribution is -2.38. The molecule has 1 saturated heterocycles. The van der Waals surface area contributed by atoms with Crippen molar-refractivity contribution >= 4 is 54.9 Å². The van der Waals surface area contributed by atoms with Gasteiger partial charge in [-0.15, -0.1) is 11.3 Å². The maximum absolute atomic E-state index is 14.2. The summed E-state index contributed by atoms with van der Waals surface area (Å²) in [7, 11) is 0. The predicted molar refractivity (Wildman–Crippen MR) is 158 cm³/mol. The van der Waals surface area contributed by atoms with Crippen molar-refractivity contribution < 1.29 is 9.59 Å². The average Bonchev–Trinajstić information content (AvgIpc) is 3.53. The highest BCUT2D eigenvalue weighted by Gasteiger charge is 2.29. The summed E-state index contributed by atoms with van der Waals surface area (Å²) in [5, 5.41) is 6.46. The van der Waals surface area contributed by atoms with Crippen LogP contribution in [-0.4, -0.2) is 71.4 Å². The Balaban J connectivity index is 1.60. The zero-order chi connectivity index (χ0) is 27.5. The highest BCUT2D eigenvalue weighted by Crippen LogP contribution is 2.34. The predicted octanol–water partition coefficient (Wildman–Crippen LogP) is 3.63. The number of rotatable bonds is 10. The average molecular weight is 549 g/mol. The maximum Gasteiger partial charge on any atom is 0.258 e. The van der Waals surface area contributed by atoms with Gasteiger partial charge in [0.25, 0.3) is 5.91 Å². The van der Waals surface area contributed by atoms with Crippen LogP contribution in [0.2, 0.25) is 0 Å². The Morgan fingerprint density at radius 1 is 1.13 bits per heavy atom. The second-order valence-electron chi connectivity index (χ2n) is 10.2. The van der Waals surface area contributed by atoms with E-state index in [9.17, 15) is 14.4 Å². The van der Waals surface area contributed by atoms with Gasteiger partial charge >= 0.3 is 0 Å². The number of nitrogens with one attached hydrogen (secondary N) is 2. The van der Waals surface area contributed by atoms with Crippen LogP contribution in [0.5, 0.6) is 0 Å². The first-order valence-corrected chi connectivity index (χ1v) is 14.6. The molecule has 2 N–H and O–H groups in total. The van der Waals surface area contributed by atoms with E-state index in [-0.39, 0.29) is 28.8 Å². The molecule has 0 aliphatic carbocycles. The minimum absolute atomic E-state index is 0.0103. The summed E-state index contributed by atoms with van der Waals surface area (Å²) >= 11 is 1.44. The first-order chi connectivity index (χ1) is 18.9. The first-order valence-electron chi connectivity index (χ1n) is 13.8. The van der Waals surface area contributed by atoms with E-state index in [2.05, 4.69) is 39.3 Å². The lowest BCUT2D eigenvalue weighted by Gasteiger charge is -2.22. The summed E-state index contributed by atoms with van der Waals surface area (Å²) in [5.74, 6) is -0.422. The van der Waals surface area contributed by atoms with Gasteiger partial charge in [-0.1, -0.05) is 26.0 Å². The zero-order valence-corrected chi connectivity index (χ0v) is 23.6. The lowest BCUT2D eigenvalue weighted by molar-refractivity contribution is -0.119. The van der Waals surface area contributed by atoms with E-state index in [0.717, 1.165) is 54.8 Å². The van der Waals surface area contributed by atoms with Gasteiger partial charge in [0.1, 0.15) is 10.4 Å². The van der Waals surface area contributed by atoms with Crippen molar-refractivity contribution in [1.29, 1.82) is 0 Å². The number of carbonyl (C=O) groups excluding carboxylic acids is 2. The third-order valence-corrected chi connectivity index (χ3v) is 8.41. The molecule has 10 heteroatoms. The highest BCUT2D eigenvalue weighted by molar-refractivity contribution is 7.24. The highest BCUT2D eigenvalue weighted by atomic mass is 32.1. The molecule has 1 aliphatic heterocycles. The summed E-state index contributed by atoms with van der Waals surface area (Å²) in [6, 6.07) is 9.76. The fourth-order valence-corrected chi connectivity index (χ4v) is 6.83. The number of anilines is 1. The van der Waals surface area contributed by atoms with Crippen LogP contribution in [0.3, 0.4) is 0 Å². The second-order valence-corrected chi connectivity index (χ2v) is 11.2. The number of carbonyl (C=O) groups is 2. The first kappa shape index (κ1) is 27.1. The van der Waals surface area contributed by atoms with Crippen LogP contribution in [0, 0.1) is 0 Å². The summed E-state index contributed by atoms with van der Waals surface area (Å²) in [4.78, 5) is 49.2. The fraction of sp³-hybridized carbons (Fsp3) is 0.448. The van der Waals surface area contributed by atoms with Gasteiger partial charge in [0.05, 0.1) is 21.3 Å². The number of para-hydroxylation sites is 1. The lowest BCUT2D eigenvalue weighted by atomic mass is 10.1. The minimum atomic E-state index is -0.355. The number of fused-ring (bicyclic) bond motifs is 5. The largest absolute Gasteiger partial charge is 0.369 e. The molecule has 0 saturated carbocycles. The zero-order valence-electron chi connectivity index (χ0n) is 22.8. The van der Waals surface area contributed by atoms with E-state index in [1.807, 2.05) is 34.7 Å². The molecule has 2 amide bonds. The van der Waals surface area contributed by atoms with E-state index in [4.69, 9.17) is 0 Å². The molecule has 3 aromatic heterocycles. The Hall–Kier alpha value is -3.50. The molecule has 206 valence electrons. The molecule has 1 unspecified atom stereocenters. The smallest absolute Gasteiger partial charge is 0.258 e. The normalized spacial score (nSPS) is 15.6. The molecular formula is C29H36N6O3S. The van der Waals surface area contributed by atoms with Crippen LogP contribution in [0.1, 0.15) is 50.4 Å². The number of hydrogen-bond acceptors (Lipinski definition) is 7. The SMILES string of the molecule is CCCN(CCC)CCNC(=O)c1c(=O)c2c(N3CCC(NC(C)=O)C3)ccnc2n2c1sc1ccccc12. The molecule has 4 heterocycles. The van der Waals surface area contributed by atoms with Crippen LogP contribution in [0.4, 0.5) is 5.69 Å². The van der Waals surface area contributed by atoms with Crippen molar-refractivity contribution in [1.82, 2.24) is 24.9 Å². The van der Waals surface area contributed by atoms with Gasteiger partial charge in [-0.3, -0.25) is 18.8 Å². The van der Waals surface area contributed by atoms with Gasteiger partial charge in [0.15, 0.2) is 5.65 Å². The van der Waals surface area contributed by atoms with Gasteiger partial charge in [-0.05, 0) is 50.6 Å². The monoisotopic (exact) mass is 548 g/mol. The molecule has 5 rings (SSSR count). The third-order valence-electron chi connectivity index (χ3n) is 7.26. The summed E-state index contributed by atoms with van der Waals surface area (Å²) in [6.07, 6.45) is 4.61. The van der Waals surface area contributed by atoms with Crippen molar-refractivity contribution in [3.05, 3.63) is 52.3 Å². The van der Waals surface area contributed by atoms with Gasteiger partial charge < -0.3 is 20.4 Å². The van der Waals surface area contributed by atoms with Crippen molar-refractivity contribution in [3.63, 3.8) is 0 Å². The molecule has 1 aliphatic rings. The number of hydrogen-bond donors (Lipinski definition) is 2. The number of nitrogens with zero attached hydrogens (tertiary/aromatic N) is 4.